The van der Waals surface area contributed by atoms with Crippen molar-refractivity contribution >= 4 is 0 Å². The first-order valence-corrected chi connectivity index (χ1v) is 6.10. The summed E-state index contributed by atoms with van der Waals surface area (Å²) in [5.41, 5.74) is 3.35. The number of aliphatic hydroxyl groups is 1. The fourth-order valence-electron chi connectivity index (χ4n) is 1.98. The van der Waals surface area contributed by atoms with Crippen LogP contribution >= 0.6 is 0 Å². The normalized spacial score (nSPS) is 12.7. The zero-order valence-corrected chi connectivity index (χ0v) is 11.3. The number of aryl methyl sites for hydroxylation is 4. The van der Waals surface area contributed by atoms with Gasteiger partial charge in [0.15, 0.2) is 0 Å². The zero-order chi connectivity index (χ0) is 13.3. The van der Waals surface area contributed by atoms with Gasteiger partial charge in [0.05, 0.1) is 12.6 Å². The number of aromatic nitrogens is 3. The SMILES string of the molecule is Cc1nc(C)n(CC(O)c2ccc(C)c(C)c2)n1. The molecule has 0 spiro atoms. The summed E-state index contributed by atoms with van der Waals surface area (Å²) in [4.78, 5) is 4.23. The van der Waals surface area contributed by atoms with Crippen molar-refractivity contribution in [1.29, 1.82) is 0 Å². The quantitative estimate of drug-likeness (QED) is 0.902. The lowest BCUT2D eigenvalue weighted by molar-refractivity contribution is 0.150. The van der Waals surface area contributed by atoms with Crippen molar-refractivity contribution in [3.05, 3.63) is 46.5 Å². The number of hydrogen-bond acceptors (Lipinski definition) is 3. The first kappa shape index (κ1) is 12.8. The summed E-state index contributed by atoms with van der Waals surface area (Å²) in [6.07, 6.45) is -0.552. The number of rotatable bonds is 3. The molecule has 1 N–H and O–H groups in total. The third-order valence-corrected chi connectivity index (χ3v) is 3.22. The molecule has 0 saturated heterocycles. The molecule has 4 nitrogen and oxygen atoms in total. The van der Waals surface area contributed by atoms with Crippen molar-refractivity contribution in [1.82, 2.24) is 14.8 Å². The Morgan fingerprint density at radius 1 is 1.17 bits per heavy atom. The van der Waals surface area contributed by atoms with Gasteiger partial charge in [0.2, 0.25) is 0 Å². The Morgan fingerprint density at radius 3 is 2.44 bits per heavy atom. The molecular weight excluding hydrogens is 226 g/mol. The monoisotopic (exact) mass is 245 g/mol. The van der Waals surface area contributed by atoms with Crippen LogP contribution in [0.5, 0.6) is 0 Å². The van der Waals surface area contributed by atoms with E-state index in [1.165, 1.54) is 11.1 Å². The van der Waals surface area contributed by atoms with Crippen LogP contribution in [0.2, 0.25) is 0 Å². The summed E-state index contributed by atoms with van der Waals surface area (Å²) < 4.78 is 1.75. The van der Waals surface area contributed by atoms with E-state index in [9.17, 15) is 5.11 Å². The Kier molecular flexibility index (Phi) is 3.48. The minimum absolute atomic E-state index is 0.440. The van der Waals surface area contributed by atoms with Crippen LogP contribution in [0.4, 0.5) is 0 Å². The molecule has 18 heavy (non-hydrogen) atoms. The molecule has 0 bridgehead atoms. The van der Waals surface area contributed by atoms with Crippen molar-refractivity contribution in [3.8, 4) is 0 Å². The fourth-order valence-corrected chi connectivity index (χ4v) is 1.98. The van der Waals surface area contributed by atoms with E-state index in [-0.39, 0.29) is 0 Å². The van der Waals surface area contributed by atoms with Gasteiger partial charge in [0, 0.05) is 0 Å². The predicted molar refractivity (Wildman–Crippen MR) is 70.4 cm³/mol. The van der Waals surface area contributed by atoms with Gasteiger partial charge in [0.25, 0.3) is 0 Å². The Balaban J connectivity index is 2.19. The lowest BCUT2D eigenvalue weighted by atomic mass is 10.0. The third-order valence-electron chi connectivity index (χ3n) is 3.22. The first-order chi connectivity index (χ1) is 8.47. The maximum atomic E-state index is 10.2. The lowest BCUT2D eigenvalue weighted by Crippen LogP contribution is -2.11. The highest BCUT2D eigenvalue weighted by molar-refractivity contribution is 5.31. The van der Waals surface area contributed by atoms with Crippen LogP contribution in [0, 0.1) is 27.7 Å². The summed E-state index contributed by atoms with van der Waals surface area (Å²) in [5, 5.41) is 14.5. The summed E-state index contributed by atoms with van der Waals surface area (Å²) in [6.45, 7) is 8.31. The molecule has 2 rings (SSSR count). The van der Waals surface area contributed by atoms with E-state index < -0.39 is 6.10 Å². The number of nitrogens with zero attached hydrogens (tertiary/aromatic N) is 3. The zero-order valence-electron chi connectivity index (χ0n) is 11.3. The van der Waals surface area contributed by atoms with Crippen LogP contribution in [0.1, 0.15) is 34.4 Å². The van der Waals surface area contributed by atoms with Crippen LogP contribution in [0.3, 0.4) is 0 Å². The van der Waals surface area contributed by atoms with Gasteiger partial charge in [-0.05, 0) is 44.4 Å². The second kappa shape index (κ2) is 4.90. The Hall–Kier alpha value is -1.68. The second-order valence-corrected chi connectivity index (χ2v) is 4.75. The molecule has 0 aliphatic carbocycles. The minimum atomic E-state index is -0.552. The molecule has 1 heterocycles. The summed E-state index contributed by atoms with van der Waals surface area (Å²) in [6, 6.07) is 6.03. The molecular formula is C14H19N3O. The molecule has 96 valence electrons. The molecule has 0 saturated carbocycles. The molecule has 0 amide bonds. The predicted octanol–water partition coefficient (Wildman–Crippen LogP) is 2.25. The van der Waals surface area contributed by atoms with Gasteiger partial charge < -0.3 is 5.11 Å². The van der Waals surface area contributed by atoms with Crippen LogP contribution in [-0.4, -0.2) is 19.9 Å². The van der Waals surface area contributed by atoms with Crippen molar-refractivity contribution < 1.29 is 5.11 Å². The van der Waals surface area contributed by atoms with E-state index in [4.69, 9.17) is 0 Å². The van der Waals surface area contributed by atoms with Crippen LogP contribution < -0.4 is 0 Å². The van der Waals surface area contributed by atoms with Crippen LogP contribution in [0.25, 0.3) is 0 Å². The highest BCUT2D eigenvalue weighted by Crippen LogP contribution is 2.18. The lowest BCUT2D eigenvalue weighted by Gasteiger charge is -2.13. The summed E-state index contributed by atoms with van der Waals surface area (Å²) in [5.74, 6) is 1.56. The number of benzene rings is 1. The minimum Gasteiger partial charge on any atom is -0.386 e. The second-order valence-electron chi connectivity index (χ2n) is 4.75. The van der Waals surface area contributed by atoms with Crippen LogP contribution in [-0.2, 0) is 6.54 Å². The van der Waals surface area contributed by atoms with E-state index in [1.807, 2.05) is 32.0 Å². The molecule has 1 aromatic heterocycles. The Labute approximate surface area is 107 Å². The van der Waals surface area contributed by atoms with E-state index in [2.05, 4.69) is 23.9 Å². The smallest absolute Gasteiger partial charge is 0.147 e. The molecule has 0 aliphatic heterocycles. The van der Waals surface area contributed by atoms with E-state index in [0.29, 0.717) is 6.54 Å². The van der Waals surface area contributed by atoms with E-state index in [0.717, 1.165) is 17.2 Å². The summed E-state index contributed by atoms with van der Waals surface area (Å²) in [7, 11) is 0. The van der Waals surface area contributed by atoms with E-state index in [1.54, 1.807) is 4.68 Å². The third kappa shape index (κ3) is 2.59. The van der Waals surface area contributed by atoms with Crippen molar-refractivity contribution in [2.45, 2.75) is 40.3 Å². The fraction of sp³-hybridized carbons (Fsp3) is 0.429. The average Bonchev–Trinajstić information content (AvgIpc) is 2.61. The van der Waals surface area contributed by atoms with Gasteiger partial charge in [-0.3, -0.25) is 0 Å². The van der Waals surface area contributed by atoms with Crippen LogP contribution in [0.15, 0.2) is 18.2 Å². The van der Waals surface area contributed by atoms with Crippen molar-refractivity contribution in [2.24, 2.45) is 0 Å². The number of hydrogen-bond donors (Lipinski definition) is 1. The van der Waals surface area contributed by atoms with Gasteiger partial charge in [-0.15, -0.1) is 0 Å². The van der Waals surface area contributed by atoms with Gasteiger partial charge in [0.1, 0.15) is 11.6 Å². The Bertz CT molecular complexity index is 560. The van der Waals surface area contributed by atoms with Gasteiger partial charge in [-0.2, -0.15) is 5.10 Å². The highest BCUT2D eigenvalue weighted by Gasteiger charge is 2.12. The maximum absolute atomic E-state index is 10.2. The molecule has 0 radical (unpaired) electrons. The van der Waals surface area contributed by atoms with Gasteiger partial charge in [-0.1, -0.05) is 18.2 Å². The molecule has 2 aromatic rings. The standard InChI is InChI=1S/C14H19N3O/c1-9-5-6-13(7-10(9)2)14(18)8-17-12(4)15-11(3)16-17/h5-7,14,18H,8H2,1-4H3. The van der Waals surface area contributed by atoms with Gasteiger partial charge in [-0.25, -0.2) is 9.67 Å². The summed E-state index contributed by atoms with van der Waals surface area (Å²) >= 11 is 0. The molecule has 1 atom stereocenters. The van der Waals surface area contributed by atoms with Gasteiger partial charge >= 0.3 is 0 Å². The molecule has 4 heteroatoms. The van der Waals surface area contributed by atoms with Crippen molar-refractivity contribution in [3.63, 3.8) is 0 Å². The topological polar surface area (TPSA) is 50.9 Å². The Morgan fingerprint density at radius 2 is 1.89 bits per heavy atom. The highest BCUT2D eigenvalue weighted by atomic mass is 16.3. The molecule has 1 aromatic carbocycles. The largest absolute Gasteiger partial charge is 0.386 e. The first-order valence-electron chi connectivity index (χ1n) is 6.10. The molecule has 0 aliphatic rings. The average molecular weight is 245 g/mol. The molecule has 0 fully saturated rings. The molecule has 1 unspecified atom stereocenters. The van der Waals surface area contributed by atoms with Crippen molar-refractivity contribution in [2.75, 3.05) is 0 Å². The number of aliphatic hydroxyl groups excluding tert-OH is 1. The maximum Gasteiger partial charge on any atom is 0.147 e. The van der Waals surface area contributed by atoms with E-state index >= 15 is 0 Å².